The first-order valence-electron chi connectivity index (χ1n) is 6.50. The highest BCUT2D eigenvalue weighted by atomic mass is 32.1. The van der Waals surface area contributed by atoms with Gasteiger partial charge in [0.05, 0.1) is 0 Å². The van der Waals surface area contributed by atoms with E-state index in [1.807, 2.05) is 31.3 Å². The molecular formula is C15H11N5S. The molecule has 0 saturated carbocycles. The molecule has 21 heavy (non-hydrogen) atoms. The summed E-state index contributed by atoms with van der Waals surface area (Å²) in [5.74, 6) is 1.15. The summed E-state index contributed by atoms with van der Waals surface area (Å²) >= 11 is 5.34. The van der Waals surface area contributed by atoms with Crippen LogP contribution in [0.25, 0.3) is 27.9 Å². The molecule has 4 rings (SSSR count). The van der Waals surface area contributed by atoms with Gasteiger partial charge in [-0.2, -0.15) is 9.50 Å². The van der Waals surface area contributed by atoms with Crippen molar-refractivity contribution in [2.75, 3.05) is 0 Å². The van der Waals surface area contributed by atoms with Crippen LogP contribution in [-0.4, -0.2) is 24.1 Å². The van der Waals surface area contributed by atoms with Gasteiger partial charge in [-0.25, -0.2) is 4.98 Å². The lowest BCUT2D eigenvalue weighted by Crippen LogP contribution is -2.02. The summed E-state index contributed by atoms with van der Waals surface area (Å²) in [6.07, 6.45) is 1.65. The van der Waals surface area contributed by atoms with Crippen LogP contribution in [0.2, 0.25) is 0 Å². The molecule has 0 N–H and O–H groups in total. The Kier molecular flexibility index (Phi) is 2.58. The van der Waals surface area contributed by atoms with Crippen LogP contribution in [0, 0.1) is 4.77 Å². The molecule has 4 aromatic rings. The van der Waals surface area contributed by atoms with Gasteiger partial charge in [0.2, 0.25) is 4.77 Å². The third-order valence-electron chi connectivity index (χ3n) is 3.45. The van der Waals surface area contributed by atoms with Crippen molar-refractivity contribution in [2.45, 2.75) is 0 Å². The number of aromatic nitrogens is 5. The van der Waals surface area contributed by atoms with Crippen LogP contribution in [0.5, 0.6) is 0 Å². The third-order valence-corrected chi connectivity index (χ3v) is 3.91. The zero-order chi connectivity index (χ0) is 14.4. The fourth-order valence-electron chi connectivity index (χ4n) is 2.39. The van der Waals surface area contributed by atoms with Crippen molar-refractivity contribution in [3.63, 3.8) is 0 Å². The molecule has 0 aliphatic carbocycles. The van der Waals surface area contributed by atoms with Crippen LogP contribution < -0.4 is 0 Å². The number of nitrogens with zero attached hydrogens (tertiary/aromatic N) is 5. The maximum absolute atomic E-state index is 5.34. The average Bonchev–Trinajstić information content (AvgIpc) is 2.95. The summed E-state index contributed by atoms with van der Waals surface area (Å²) in [7, 11) is 1.84. The van der Waals surface area contributed by atoms with E-state index < -0.39 is 0 Å². The molecule has 6 heteroatoms. The number of benzene rings is 2. The summed E-state index contributed by atoms with van der Waals surface area (Å²) < 4.78 is 3.90. The van der Waals surface area contributed by atoms with Crippen molar-refractivity contribution in [3.8, 4) is 11.4 Å². The second kappa shape index (κ2) is 4.46. The number of hydrogen-bond donors (Lipinski definition) is 0. The Morgan fingerprint density at radius 1 is 1.05 bits per heavy atom. The lowest BCUT2D eigenvalue weighted by molar-refractivity contribution is 0.747. The molecule has 0 fully saturated rings. The predicted molar refractivity (Wildman–Crippen MR) is 83.5 cm³/mol. The van der Waals surface area contributed by atoms with Crippen LogP contribution in [0.15, 0.2) is 48.8 Å². The largest absolute Gasteiger partial charge is 0.311 e. The minimum Gasteiger partial charge on any atom is -0.311 e. The van der Waals surface area contributed by atoms with Gasteiger partial charge in [-0.1, -0.05) is 42.5 Å². The standard InChI is InChI=1S/C15H11N5S/c1-19-9-16-14-17-13(18-20(14)15(19)21)12-8-4-6-10-5-2-3-7-11(10)12/h2-9H,1H3. The molecule has 5 nitrogen and oxygen atoms in total. The highest BCUT2D eigenvalue weighted by molar-refractivity contribution is 7.71. The molecule has 102 valence electrons. The van der Waals surface area contributed by atoms with E-state index in [4.69, 9.17) is 12.2 Å². The van der Waals surface area contributed by atoms with E-state index in [0.717, 1.165) is 16.3 Å². The number of fused-ring (bicyclic) bond motifs is 2. The maximum atomic E-state index is 5.34. The van der Waals surface area contributed by atoms with Gasteiger partial charge in [-0.3, -0.25) is 0 Å². The van der Waals surface area contributed by atoms with Crippen LogP contribution in [-0.2, 0) is 7.05 Å². The van der Waals surface area contributed by atoms with Crippen LogP contribution in [0.1, 0.15) is 0 Å². The molecule has 2 heterocycles. The Morgan fingerprint density at radius 2 is 1.86 bits per heavy atom. The van der Waals surface area contributed by atoms with Gasteiger partial charge in [0, 0.05) is 12.6 Å². The van der Waals surface area contributed by atoms with E-state index in [9.17, 15) is 0 Å². The summed E-state index contributed by atoms with van der Waals surface area (Å²) in [5, 5.41) is 6.79. The van der Waals surface area contributed by atoms with Crippen molar-refractivity contribution in [1.82, 2.24) is 24.1 Å². The predicted octanol–water partition coefficient (Wildman–Crippen LogP) is 3.01. The Labute approximate surface area is 125 Å². The topological polar surface area (TPSA) is 48.0 Å². The summed E-state index contributed by atoms with van der Waals surface area (Å²) in [6, 6.07) is 14.3. The van der Waals surface area contributed by atoms with E-state index >= 15 is 0 Å². The minimum absolute atomic E-state index is 0.515. The van der Waals surface area contributed by atoms with Crippen molar-refractivity contribution in [3.05, 3.63) is 53.6 Å². The molecule has 0 aliphatic heterocycles. The van der Waals surface area contributed by atoms with Crippen molar-refractivity contribution < 1.29 is 0 Å². The zero-order valence-electron chi connectivity index (χ0n) is 11.3. The van der Waals surface area contributed by atoms with Gasteiger partial charge in [0.1, 0.15) is 6.33 Å². The van der Waals surface area contributed by atoms with Gasteiger partial charge in [0.25, 0.3) is 5.78 Å². The van der Waals surface area contributed by atoms with Gasteiger partial charge < -0.3 is 4.57 Å². The fourth-order valence-corrected chi connectivity index (χ4v) is 2.56. The van der Waals surface area contributed by atoms with Crippen LogP contribution in [0.3, 0.4) is 0 Å². The monoisotopic (exact) mass is 293 g/mol. The highest BCUT2D eigenvalue weighted by Gasteiger charge is 2.11. The molecule has 0 unspecified atom stereocenters. The van der Waals surface area contributed by atoms with Crippen molar-refractivity contribution in [1.29, 1.82) is 0 Å². The first-order valence-corrected chi connectivity index (χ1v) is 6.91. The third kappa shape index (κ3) is 1.84. The quantitative estimate of drug-likeness (QED) is 0.506. The van der Waals surface area contributed by atoms with Gasteiger partial charge in [0.15, 0.2) is 5.82 Å². The van der Waals surface area contributed by atoms with E-state index in [2.05, 4.69) is 33.3 Å². The second-order valence-electron chi connectivity index (χ2n) is 4.81. The highest BCUT2D eigenvalue weighted by Crippen LogP contribution is 2.26. The van der Waals surface area contributed by atoms with Gasteiger partial charge in [-0.05, 0) is 23.0 Å². The van der Waals surface area contributed by atoms with Gasteiger partial charge in [-0.15, -0.1) is 5.10 Å². The van der Waals surface area contributed by atoms with Crippen molar-refractivity contribution in [2.24, 2.45) is 7.05 Å². The van der Waals surface area contributed by atoms with E-state index in [0.29, 0.717) is 16.4 Å². The number of aryl methyl sites for hydroxylation is 1. The number of hydrogen-bond acceptors (Lipinski definition) is 4. The Bertz CT molecular complexity index is 1030. The molecular weight excluding hydrogens is 282 g/mol. The second-order valence-corrected chi connectivity index (χ2v) is 5.18. The first-order chi connectivity index (χ1) is 10.2. The Morgan fingerprint density at radius 3 is 2.76 bits per heavy atom. The average molecular weight is 293 g/mol. The minimum atomic E-state index is 0.515. The Balaban J connectivity index is 2.05. The first kappa shape index (κ1) is 12.2. The molecule has 0 spiro atoms. The molecule has 0 atom stereocenters. The normalized spacial score (nSPS) is 11.3. The smallest absolute Gasteiger partial charge is 0.256 e. The molecule has 0 amide bonds. The van der Waals surface area contributed by atoms with E-state index in [1.54, 1.807) is 15.4 Å². The molecule has 0 bridgehead atoms. The lowest BCUT2D eigenvalue weighted by Gasteiger charge is -2.01. The van der Waals surface area contributed by atoms with Crippen LogP contribution in [0.4, 0.5) is 0 Å². The molecule has 2 aromatic carbocycles. The Hall–Kier alpha value is -2.60. The molecule has 0 radical (unpaired) electrons. The lowest BCUT2D eigenvalue weighted by atomic mass is 10.0. The van der Waals surface area contributed by atoms with E-state index in [-0.39, 0.29) is 0 Å². The zero-order valence-corrected chi connectivity index (χ0v) is 12.1. The maximum Gasteiger partial charge on any atom is 0.256 e. The van der Waals surface area contributed by atoms with Crippen molar-refractivity contribution >= 4 is 28.8 Å². The van der Waals surface area contributed by atoms with Gasteiger partial charge >= 0.3 is 0 Å². The van der Waals surface area contributed by atoms with E-state index in [1.165, 1.54) is 0 Å². The fraction of sp³-hybridized carbons (Fsp3) is 0.0667. The molecule has 0 aliphatic rings. The SMILES string of the molecule is Cn1cnc2nc(-c3cccc4ccccc34)nn2c1=S. The summed E-state index contributed by atoms with van der Waals surface area (Å²) in [5.41, 5.74) is 0.982. The number of rotatable bonds is 1. The summed E-state index contributed by atoms with van der Waals surface area (Å²) in [4.78, 5) is 8.75. The molecule has 2 aromatic heterocycles. The van der Waals surface area contributed by atoms with Crippen LogP contribution >= 0.6 is 12.2 Å². The molecule has 0 saturated heterocycles. The summed E-state index contributed by atoms with van der Waals surface area (Å²) in [6.45, 7) is 0.